The largest absolute Gasteiger partial charge is 0.378 e. The number of nitrogens with one attached hydrogen (secondary N) is 1. The Balaban J connectivity index is 1.36. The third-order valence-corrected chi connectivity index (χ3v) is 7.62. The quantitative estimate of drug-likeness (QED) is 0.465. The number of carbonyl (C=O) groups excluding carboxylic acids is 2. The molecule has 2 amide bonds. The Morgan fingerprint density at radius 2 is 1.68 bits per heavy atom. The van der Waals surface area contributed by atoms with E-state index in [1.165, 1.54) is 16.3 Å². The summed E-state index contributed by atoms with van der Waals surface area (Å²) in [6.45, 7) is 4.19. The van der Waals surface area contributed by atoms with Crippen LogP contribution in [0.2, 0.25) is 0 Å². The number of morpholine rings is 1. The third kappa shape index (κ3) is 6.87. The normalized spacial score (nSPS) is 14.8. The van der Waals surface area contributed by atoms with Gasteiger partial charge in [-0.15, -0.1) is 0 Å². The van der Waals surface area contributed by atoms with Crippen molar-refractivity contribution in [1.82, 2.24) is 10.2 Å². The van der Waals surface area contributed by atoms with Crippen LogP contribution < -0.4 is 9.62 Å². The van der Waals surface area contributed by atoms with Gasteiger partial charge in [0.25, 0.3) is 5.91 Å². The molecule has 0 saturated carbocycles. The second-order valence-corrected chi connectivity index (χ2v) is 11.4. The number of rotatable bonds is 9. The fraction of sp³-hybridized carbons (Fsp3) is 0.357. The van der Waals surface area contributed by atoms with Gasteiger partial charge < -0.3 is 15.0 Å². The van der Waals surface area contributed by atoms with E-state index in [2.05, 4.69) is 36.5 Å². The molecular formula is C28H33N3O5S. The number of sulfonamides is 1. The van der Waals surface area contributed by atoms with Crippen LogP contribution >= 0.6 is 0 Å². The van der Waals surface area contributed by atoms with E-state index in [1.807, 2.05) is 18.2 Å². The molecule has 8 nitrogen and oxygen atoms in total. The first kappa shape index (κ1) is 26.6. The topological polar surface area (TPSA) is 96.0 Å². The van der Waals surface area contributed by atoms with Crippen molar-refractivity contribution in [2.24, 2.45) is 5.92 Å². The van der Waals surface area contributed by atoms with Crippen molar-refractivity contribution in [2.45, 2.75) is 13.3 Å². The summed E-state index contributed by atoms with van der Waals surface area (Å²) in [5.74, 6) is -0.353. The molecule has 0 spiro atoms. The molecule has 3 aromatic carbocycles. The van der Waals surface area contributed by atoms with Crippen molar-refractivity contribution in [1.29, 1.82) is 0 Å². The van der Waals surface area contributed by atoms with Gasteiger partial charge >= 0.3 is 0 Å². The van der Waals surface area contributed by atoms with Crippen LogP contribution in [0.5, 0.6) is 0 Å². The van der Waals surface area contributed by atoms with Crippen LogP contribution in [0.4, 0.5) is 5.69 Å². The molecule has 0 radical (unpaired) electrons. The SMILES string of the molecule is CC(CNC(=O)CN(c1ccc(C(=O)N2CCOCC2)cc1)S(C)(=O)=O)Cc1cccc2ccccc12. The van der Waals surface area contributed by atoms with Crippen molar-refractivity contribution in [3.05, 3.63) is 77.9 Å². The molecule has 1 heterocycles. The van der Waals surface area contributed by atoms with E-state index in [0.717, 1.165) is 17.0 Å². The highest BCUT2D eigenvalue weighted by molar-refractivity contribution is 7.92. The molecule has 1 unspecified atom stereocenters. The van der Waals surface area contributed by atoms with E-state index in [-0.39, 0.29) is 24.3 Å². The molecule has 1 fully saturated rings. The van der Waals surface area contributed by atoms with E-state index in [4.69, 9.17) is 4.74 Å². The average molecular weight is 524 g/mol. The number of hydrogen-bond acceptors (Lipinski definition) is 5. The molecule has 1 saturated heterocycles. The minimum absolute atomic E-state index is 0.126. The average Bonchev–Trinajstić information content (AvgIpc) is 2.90. The van der Waals surface area contributed by atoms with Crippen molar-refractivity contribution >= 4 is 38.3 Å². The first-order valence-corrected chi connectivity index (χ1v) is 14.3. The van der Waals surface area contributed by atoms with Crippen LogP contribution in [0.25, 0.3) is 10.8 Å². The predicted molar refractivity (Wildman–Crippen MR) is 145 cm³/mol. The summed E-state index contributed by atoms with van der Waals surface area (Å²) in [5.41, 5.74) is 2.01. The number of amides is 2. The number of nitrogens with zero attached hydrogens (tertiary/aromatic N) is 2. The molecule has 0 bridgehead atoms. The van der Waals surface area contributed by atoms with E-state index in [1.54, 1.807) is 29.2 Å². The Morgan fingerprint density at radius 3 is 2.38 bits per heavy atom. The van der Waals surface area contributed by atoms with Crippen molar-refractivity contribution in [3.63, 3.8) is 0 Å². The van der Waals surface area contributed by atoms with Crippen molar-refractivity contribution in [2.75, 3.05) is 50.0 Å². The van der Waals surface area contributed by atoms with E-state index in [0.29, 0.717) is 44.1 Å². The monoisotopic (exact) mass is 523 g/mol. The Morgan fingerprint density at radius 1 is 1.00 bits per heavy atom. The minimum atomic E-state index is -3.72. The highest BCUT2D eigenvalue weighted by atomic mass is 32.2. The fourth-order valence-electron chi connectivity index (χ4n) is 4.51. The maximum atomic E-state index is 12.7. The van der Waals surface area contributed by atoms with Crippen LogP contribution in [0, 0.1) is 5.92 Å². The molecule has 37 heavy (non-hydrogen) atoms. The lowest BCUT2D eigenvalue weighted by atomic mass is 9.96. The number of fused-ring (bicyclic) bond motifs is 1. The standard InChI is InChI=1S/C28H33N3O5S/c1-21(18-24-8-5-7-22-6-3-4-9-26(22)24)19-29-27(32)20-31(37(2,34)35)25-12-10-23(11-13-25)28(33)30-14-16-36-17-15-30/h3-13,21H,14-20H2,1-2H3,(H,29,32). The zero-order valence-corrected chi connectivity index (χ0v) is 22.0. The van der Waals surface area contributed by atoms with Crippen molar-refractivity contribution in [3.8, 4) is 0 Å². The molecule has 3 aromatic rings. The van der Waals surface area contributed by atoms with E-state index < -0.39 is 10.0 Å². The number of benzene rings is 3. The molecule has 1 N–H and O–H groups in total. The van der Waals surface area contributed by atoms with Crippen molar-refractivity contribution < 1.29 is 22.7 Å². The fourth-order valence-corrected chi connectivity index (χ4v) is 5.37. The molecule has 1 atom stereocenters. The number of ether oxygens (including phenoxy) is 1. The number of anilines is 1. The summed E-state index contributed by atoms with van der Waals surface area (Å²) in [4.78, 5) is 27.1. The van der Waals surface area contributed by atoms with Crippen LogP contribution in [-0.4, -0.2) is 70.8 Å². The van der Waals surface area contributed by atoms with Gasteiger partial charge in [0.2, 0.25) is 15.9 Å². The molecule has 196 valence electrons. The Hall–Kier alpha value is -3.43. The van der Waals surface area contributed by atoms with Gasteiger partial charge in [0.1, 0.15) is 6.54 Å². The van der Waals surface area contributed by atoms with Crippen LogP contribution in [0.3, 0.4) is 0 Å². The minimum Gasteiger partial charge on any atom is -0.378 e. The van der Waals surface area contributed by atoms with Crippen LogP contribution in [-0.2, 0) is 26.0 Å². The van der Waals surface area contributed by atoms with E-state index >= 15 is 0 Å². The summed E-state index contributed by atoms with van der Waals surface area (Å²) in [5, 5.41) is 5.25. The lowest BCUT2D eigenvalue weighted by molar-refractivity contribution is -0.119. The van der Waals surface area contributed by atoms with Gasteiger partial charge in [-0.25, -0.2) is 8.42 Å². The van der Waals surface area contributed by atoms with Crippen LogP contribution in [0.15, 0.2) is 66.7 Å². The zero-order valence-electron chi connectivity index (χ0n) is 21.2. The summed E-state index contributed by atoms with van der Waals surface area (Å²) >= 11 is 0. The number of hydrogen-bond donors (Lipinski definition) is 1. The lowest BCUT2D eigenvalue weighted by Crippen LogP contribution is -2.42. The zero-order chi connectivity index (χ0) is 26.4. The van der Waals surface area contributed by atoms with Crippen LogP contribution in [0.1, 0.15) is 22.8 Å². The second-order valence-electron chi connectivity index (χ2n) is 9.47. The van der Waals surface area contributed by atoms with Gasteiger partial charge in [-0.2, -0.15) is 0 Å². The van der Waals surface area contributed by atoms with Gasteiger partial charge in [0, 0.05) is 25.2 Å². The molecule has 9 heteroatoms. The lowest BCUT2D eigenvalue weighted by Gasteiger charge is -2.27. The van der Waals surface area contributed by atoms with Gasteiger partial charge in [-0.3, -0.25) is 13.9 Å². The first-order valence-electron chi connectivity index (χ1n) is 12.4. The molecule has 1 aliphatic rings. The summed E-state index contributed by atoms with van der Waals surface area (Å²) < 4.78 is 31.3. The summed E-state index contributed by atoms with van der Waals surface area (Å²) in [6.07, 6.45) is 1.85. The predicted octanol–water partition coefficient (Wildman–Crippen LogP) is 3.07. The number of carbonyl (C=O) groups is 2. The molecule has 1 aliphatic heterocycles. The highest BCUT2D eigenvalue weighted by Crippen LogP contribution is 2.22. The van der Waals surface area contributed by atoms with Gasteiger partial charge in [-0.05, 0) is 52.9 Å². The summed E-state index contributed by atoms with van der Waals surface area (Å²) in [7, 11) is -3.72. The maximum absolute atomic E-state index is 12.7. The smallest absolute Gasteiger partial charge is 0.254 e. The first-order chi connectivity index (χ1) is 17.7. The maximum Gasteiger partial charge on any atom is 0.254 e. The van der Waals surface area contributed by atoms with E-state index in [9.17, 15) is 18.0 Å². The molecule has 0 aliphatic carbocycles. The molecular weight excluding hydrogens is 490 g/mol. The van der Waals surface area contributed by atoms with Gasteiger partial charge in [-0.1, -0.05) is 49.4 Å². The third-order valence-electron chi connectivity index (χ3n) is 6.48. The summed E-state index contributed by atoms with van der Waals surface area (Å²) in [6, 6.07) is 20.7. The van der Waals surface area contributed by atoms with Gasteiger partial charge in [0.15, 0.2) is 0 Å². The highest BCUT2D eigenvalue weighted by Gasteiger charge is 2.23. The van der Waals surface area contributed by atoms with Gasteiger partial charge in [0.05, 0.1) is 25.2 Å². The Kier molecular flexibility index (Phi) is 8.45. The Bertz CT molecular complexity index is 1350. The molecule has 0 aromatic heterocycles. The molecule has 4 rings (SSSR count). The second kappa shape index (κ2) is 11.7. The Labute approximate surface area is 218 Å².